The molecule has 0 spiro atoms. The van der Waals surface area contributed by atoms with Gasteiger partial charge in [-0.25, -0.2) is 13.1 Å². The second kappa shape index (κ2) is 6.72. The van der Waals surface area contributed by atoms with Crippen molar-refractivity contribution in [2.24, 2.45) is 0 Å². The van der Waals surface area contributed by atoms with E-state index in [1.54, 1.807) is 7.11 Å². The number of aryl methyl sites for hydroxylation is 3. The Morgan fingerprint density at radius 2 is 1.52 bits per heavy atom. The quantitative estimate of drug-likeness (QED) is 0.908. The van der Waals surface area contributed by atoms with Gasteiger partial charge in [0.2, 0.25) is 10.0 Å². The summed E-state index contributed by atoms with van der Waals surface area (Å²) in [6.07, 6.45) is 0. The normalized spacial score (nSPS) is 12.9. The first kappa shape index (κ1) is 17.5. The van der Waals surface area contributed by atoms with Crippen LogP contribution in [-0.2, 0) is 10.0 Å². The van der Waals surface area contributed by atoms with Gasteiger partial charge in [0.15, 0.2) is 0 Å². The molecule has 2 aromatic rings. The summed E-state index contributed by atoms with van der Waals surface area (Å²) < 4.78 is 33.4. The van der Waals surface area contributed by atoms with Crippen molar-refractivity contribution < 1.29 is 13.2 Å². The second-order valence-electron chi connectivity index (χ2n) is 5.84. The van der Waals surface area contributed by atoms with Gasteiger partial charge in [0.05, 0.1) is 12.0 Å². The Kier molecular flexibility index (Phi) is 5.12. The first-order chi connectivity index (χ1) is 10.7. The molecule has 4 nitrogen and oxygen atoms in total. The van der Waals surface area contributed by atoms with E-state index >= 15 is 0 Å². The van der Waals surface area contributed by atoms with E-state index in [4.69, 9.17) is 4.74 Å². The molecule has 0 unspecified atom stereocenters. The van der Waals surface area contributed by atoms with Crippen molar-refractivity contribution in [2.45, 2.75) is 38.6 Å². The van der Waals surface area contributed by atoms with Crippen molar-refractivity contribution >= 4 is 10.0 Å². The predicted octanol–water partition coefficient (Wildman–Crippen LogP) is 3.66. The third-order valence-corrected chi connectivity index (χ3v) is 5.67. The molecule has 0 aliphatic heterocycles. The maximum atomic E-state index is 12.8. The summed E-state index contributed by atoms with van der Waals surface area (Å²) in [7, 11) is -1.98. The molecule has 1 N–H and O–H groups in total. The molecule has 1 atom stereocenters. The highest BCUT2D eigenvalue weighted by Gasteiger charge is 2.22. The zero-order valence-corrected chi connectivity index (χ0v) is 15.0. The molecule has 0 bridgehead atoms. The standard InChI is InChI=1S/C18H23NO3S/c1-12-10-13(2)18(14(3)11-12)23(20,21)19-15(4)16-6-8-17(22-5)9-7-16/h6-11,15,19H,1-5H3/t15-/m0/s1. The largest absolute Gasteiger partial charge is 0.497 e. The van der Waals surface area contributed by atoms with Gasteiger partial charge in [-0.05, 0) is 56.5 Å². The minimum absolute atomic E-state index is 0.328. The third-order valence-electron chi connectivity index (χ3n) is 3.82. The molecule has 124 valence electrons. The molecule has 2 aromatic carbocycles. The van der Waals surface area contributed by atoms with Crippen molar-refractivity contribution in [3.05, 3.63) is 58.7 Å². The fourth-order valence-electron chi connectivity index (χ4n) is 2.84. The monoisotopic (exact) mass is 333 g/mol. The molecule has 0 radical (unpaired) electrons. The Morgan fingerprint density at radius 3 is 2.00 bits per heavy atom. The van der Waals surface area contributed by atoms with Crippen molar-refractivity contribution in [2.75, 3.05) is 7.11 Å². The van der Waals surface area contributed by atoms with Crippen LogP contribution >= 0.6 is 0 Å². The van der Waals surface area contributed by atoms with Crippen LogP contribution < -0.4 is 9.46 Å². The van der Waals surface area contributed by atoms with E-state index in [0.29, 0.717) is 4.90 Å². The molecule has 0 aliphatic rings. The van der Waals surface area contributed by atoms with E-state index in [1.807, 2.05) is 64.1 Å². The number of hydrogen-bond acceptors (Lipinski definition) is 3. The molecule has 0 aromatic heterocycles. The molecule has 2 rings (SSSR count). The fourth-order valence-corrected chi connectivity index (χ4v) is 4.53. The van der Waals surface area contributed by atoms with E-state index in [0.717, 1.165) is 28.0 Å². The number of ether oxygens (including phenoxy) is 1. The lowest BCUT2D eigenvalue weighted by atomic mass is 10.1. The Balaban J connectivity index is 2.30. The maximum absolute atomic E-state index is 12.8. The zero-order chi connectivity index (χ0) is 17.2. The Hall–Kier alpha value is -1.85. The van der Waals surface area contributed by atoms with Crippen LogP contribution in [0.4, 0.5) is 0 Å². The van der Waals surface area contributed by atoms with Crippen molar-refractivity contribution in [3.8, 4) is 5.75 Å². The van der Waals surface area contributed by atoms with Crippen LogP contribution in [0, 0.1) is 20.8 Å². The van der Waals surface area contributed by atoms with Crippen LogP contribution in [-0.4, -0.2) is 15.5 Å². The molecule has 23 heavy (non-hydrogen) atoms. The summed E-state index contributed by atoms with van der Waals surface area (Å²) in [5.41, 5.74) is 3.47. The van der Waals surface area contributed by atoms with Crippen LogP contribution in [0.2, 0.25) is 0 Å². The number of methoxy groups -OCH3 is 1. The van der Waals surface area contributed by atoms with Crippen LogP contribution in [0.5, 0.6) is 5.75 Å². The molecular formula is C18H23NO3S. The summed E-state index contributed by atoms with van der Waals surface area (Å²) in [6, 6.07) is 10.8. The summed E-state index contributed by atoms with van der Waals surface area (Å²) in [5.74, 6) is 0.744. The SMILES string of the molecule is COc1ccc([C@H](C)NS(=O)(=O)c2c(C)cc(C)cc2C)cc1. The van der Waals surface area contributed by atoms with E-state index < -0.39 is 10.0 Å². The topological polar surface area (TPSA) is 55.4 Å². The highest BCUT2D eigenvalue weighted by Crippen LogP contribution is 2.24. The lowest BCUT2D eigenvalue weighted by Crippen LogP contribution is -2.28. The molecular weight excluding hydrogens is 310 g/mol. The van der Waals surface area contributed by atoms with Gasteiger partial charge in [-0.2, -0.15) is 0 Å². The van der Waals surface area contributed by atoms with Gasteiger partial charge in [0.1, 0.15) is 5.75 Å². The minimum Gasteiger partial charge on any atom is -0.497 e. The fraction of sp³-hybridized carbons (Fsp3) is 0.333. The first-order valence-electron chi connectivity index (χ1n) is 7.48. The van der Waals surface area contributed by atoms with Crippen LogP contribution in [0.25, 0.3) is 0 Å². The summed E-state index contributed by atoms with van der Waals surface area (Å²) in [5, 5.41) is 0. The van der Waals surface area contributed by atoms with E-state index in [2.05, 4.69) is 4.72 Å². The van der Waals surface area contributed by atoms with Gasteiger partial charge in [-0.3, -0.25) is 0 Å². The number of sulfonamides is 1. The van der Waals surface area contributed by atoms with E-state index in [1.165, 1.54) is 0 Å². The van der Waals surface area contributed by atoms with Gasteiger partial charge >= 0.3 is 0 Å². The predicted molar refractivity (Wildman–Crippen MR) is 92.4 cm³/mol. The smallest absolute Gasteiger partial charge is 0.241 e. The average molecular weight is 333 g/mol. The van der Waals surface area contributed by atoms with Gasteiger partial charge in [0.25, 0.3) is 0 Å². The van der Waals surface area contributed by atoms with Gasteiger partial charge in [-0.15, -0.1) is 0 Å². The highest BCUT2D eigenvalue weighted by atomic mass is 32.2. The molecule has 5 heteroatoms. The first-order valence-corrected chi connectivity index (χ1v) is 8.97. The Bertz CT molecular complexity index is 773. The van der Waals surface area contributed by atoms with Crippen molar-refractivity contribution in [1.82, 2.24) is 4.72 Å². The number of hydrogen-bond donors (Lipinski definition) is 1. The molecule has 0 fully saturated rings. The molecule has 0 aliphatic carbocycles. The van der Waals surface area contributed by atoms with Gasteiger partial charge in [-0.1, -0.05) is 29.8 Å². The average Bonchev–Trinajstić information content (AvgIpc) is 2.45. The summed E-state index contributed by atoms with van der Waals surface area (Å²) in [4.78, 5) is 0.364. The third kappa shape index (κ3) is 3.92. The van der Waals surface area contributed by atoms with E-state index in [9.17, 15) is 8.42 Å². The molecule has 0 heterocycles. The number of nitrogens with one attached hydrogen (secondary N) is 1. The van der Waals surface area contributed by atoms with Crippen molar-refractivity contribution in [1.29, 1.82) is 0 Å². The van der Waals surface area contributed by atoms with Crippen molar-refractivity contribution in [3.63, 3.8) is 0 Å². The lowest BCUT2D eigenvalue weighted by Gasteiger charge is -2.18. The second-order valence-corrected chi connectivity index (χ2v) is 7.49. The highest BCUT2D eigenvalue weighted by molar-refractivity contribution is 7.89. The molecule has 0 amide bonds. The van der Waals surface area contributed by atoms with Crippen LogP contribution in [0.3, 0.4) is 0 Å². The number of benzene rings is 2. The summed E-state index contributed by atoms with van der Waals surface area (Å²) in [6.45, 7) is 7.45. The van der Waals surface area contributed by atoms with E-state index in [-0.39, 0.29) is 6.04 Å². The van der Waals surface area contributed by atoms with Crippen LogP contribution in [0.15, 0.2) is 41.3 Å². The Labute approximate surface area is 138 Å². The van der Waals surface area contributed by atoms with Gasteiger partial charge in [0, 0.05) is 6.04 Å². The zero-order valence-electron chi connectivity index (χ0n) is 14.2. The Morgan fingerprint density at radius 1 is 1.00 bits per heavy atom. The van der Waals surface area contributed by atoms with Crippen LogP contribution in [0.1, 0.15) is 35.2 Å². The minimum atomic E-state index is -3.58. The maximum Gasteiger partial charge on any atom is 0.241 e. The molecule has 0 saturated carbocycles. The lowest BCUT2D eigenvalue weighted by molar-refractivity contribution is 0.414. The number of rotatable bonds is 5. The summed E-state index contributed by atoms with van der Waals surface area (Å²) >= 11 is 0. The van der Waals surface area contributed by atoms with Gasteiger partial charge < -0.3 is 4.74 Å². The molecule has 0 saturated heterocycles.